The Hall–Kier alpha value is -1.31. The maximum Gasteiger partial charge on any atom is 0.125 e. The lowest BCUT2D eigenvalue weighted by Crippen LogP contribution is -2.15. The number of nitrogens with zero attached hydrogens (tertiary/aromatic N) is 1. The van der Waals surface area contributed by atoms with Crippen molar-refractivity contribution in [3.05, 3.63) is 36.3 Å². The largest absolute Gasteiger partial charge is 0.344 e. The zero-order chi connectivity index (χ0) is 11.8. The van der Waals surface area contributed by atoms with E-state index in [0.29, 0.717) is 6.04 Å². The molecule has 1 fully saturated rings. The third-order valence-corrected chi connectivity index (χ3v) is 4.06. The molecule has 0 N–H and O–H groups in total. The Bertz CT molecular complexity index is 521. The Kier molecular flexibility index (Phi) is 2.65. The van der Waals surface area contributed by atoms with Crippen molar-refractivity contribution in [2.75, 3.05) is 0 Å². The average molecular weight is 231 g/mol. The molecule has 1 aromatic heterocycles. The molecule has 1 nitrogen and oxygen atoms in total. The van der Waals surface area contributed by atoms with Crippen LogP contribution >= 0.6 is 0 Å². The van der Waals surface area contributed by atoms with Gasteiger partial charge >= 0.3 is 0 Å². The highest BCUT2D eigenvalue weighted by Crippen LogP contribution is 2.34. The molecule has 0 unspecified atom stereocenters. The first-order valence-corrected chi connectivity index (χ1v) is 6.50. The van der Waals surface area contributed by atoms with Crippen molar-refractivity contribution in [2.45, 2.75) is 38.6 Å². The van der Waals surface area contributed by atoms with Gasteiger partial charge in [-0.25, -0.2) is 4.39 Å². The second kappa shape index (κ2) is 4.17. The summed E-state index contributed by atoms with van der Waals surface area (Å²) in [7, 11) is 0. The van der Waals surface area contributed by atoms with E-state index < -0.39 is 0 Å². The molecule has 2 heteroatoms. The van der Waals surface area contributed by atoms with Gasteiger partial charge in [0, 0.05) is 12.2 Å². The van der Waals surface area contributed by atoms with E-state index in [2.05, 4.69) is 23.8 Å². The zero-order valence-electron chi connectivity index (χ0n) is 10.2. The van der Waals surface area contributed by atoms with Crippen molar-refractivity contribution >= 4 is 10.9 Å². The summed E-state index contributed by atoms with van der Waals surface area (Å²) in [6.45, 7) is 2.32. The molecule has 0 atom stereocenters. The number of aromatic nitrogens is 1. The van der Waals surface area contributed by atoms with E-state index >= 15 is 0 Å². The van der Waals surface area contributed by atoms with E-state index in [1.54, 1.807) is 6.07 Å². The van der Waals surface area contributed by atoms with Gasteiger partial charge in [-0.05, 0) is 61.3 Å². The van der Waals surface area contributed by atoms with E-state index in [4.69, 9.17) is 0 Å². The van der Waals surface area contributed by atoms with Crippen molar-refractivity contribution in [3.8, 4) is 0 Å². The summed E-state index contributed by atoms with van der Waals surface area (Å²) < 4.78 is 15.6. The number of hydrogen-bond acceptors (Lipinski definition) is 0. The predicted octanol–water partition coefficient (Wildman–Crippen LogP) is 4.53. The van der Waals surface area contributed by atoms with Gasteiger partial charge in [0.05, 0.1) is 5.52 Å². The lowest BCUT2D eigenvalue weighted by Gasteiger charge is -2.28. The number of halogens is 1. The first-order chi connectivity index (χ1) is 8.24. The average Bonchev–Trinajstić information content (AvgIpc) is 2.73. The van der Waals surface area contributed by atoms with Gasteiger partial charge in [0.1, 0.15) is 5.82 Å². The fraction of sp³-hybridized carbons (Fsp3) is 0.467. The van der Waals surface area contributed by atoms with Crippen LogP contribution in [0.1, 0.15) is 38.6 Å². The van der Waals surface area contributed by atoms with Crippen molar-refractivity contribution in [2.24, 2.45) is 5.92 Å². The number of fused-ring (bicyclic) bond motifs is 1. The van der Waals surface area contributed by atoms with Crippen LogP contribution in [-0.4, -0.2) is 4.57 Å². The smallest absolute Gasteiger partial charge is 0.125 e. The molecule has 0 amide bonds. The standard InChI is InChI=1S/C15H18FN/c1-11-2-6-14(7-3-11)17-9-8-12-4-5-13(16)10-15(12)17/h4-5,8-11,14H,2-3,6-7H2,1H3. The molecular weight excluding hydrogens is 213 g/mol. The molecule has 2 aromatic rings. The molecule has 0 bridgehead atoms. The highest BCUT2D eigenvalue weighted by atomic mass is 19.1. The molecule has 1 saturated carbocycles. The zero-order valence-corrected chi connectivity index (χ0v) is 10.2. The molecular formula is C15H18FN. The summed E-state index contributed by atoms with van der Waals surface area (Å²) in [5, 5.41) is 1.14. The third-order valence-electron chi connectivity index (χ3n) is 4.06. The summed E-state index contributed by atoms with van der Waals surface area (Å²) in [6.07, 6.45) is 7.15. The van der Waals surface area contributed by atoms with Crippen LogP contribution in [-0.2, 0) is 0 Å². The van der Waals surface area contributed by atoms with Gasteiger partial charge in [-0.1, -0.05) is 6.92 Å². The lowest BCUT2D eigenvalue weighted by molar-refractivity contribution is 0.294. The van der Waals surface area contributed by atoms with E-state index in [0.717, 1.165) is 16.8 Å². The van der Waals surface area contributed by atoms with Crippen LogP contribution < -0.4 is 0 Å². The van der Waals surface area contributed by atoms with E-state index in [1.165, 1.54) is 31.7 Å². The SMILES string of the molecule is CC1CCC(n2ccc3ccc(F)cc32)CC1. The topological polar surface area (TPSA) is 4.93 Å². The van der Waals surface area contributed by atoms with Crippen LogP contribution in [0.5, 0.6) is 0 Å². The maximum atomic E-state index is 13.3. The van der Waals surface area contributed by atoms with Gasteiger partial charge in [0.2, 0.25) is 0 Å². The molecule has 1 aliphatic rings. The molecule has 0 aliphatic heterocycles. The molecule has 1 aromatic carbocycles. The highest BCUT2D eigenvalue weighted by molar-refractivity contribution is 5.80. The van der Waals surface area contributed by atoms with Crippen LogP contribution in [0, 0.1) is 11.7 Å². The Morgan fingerprint density at radius 2 is 1.88 bits per heavy atom. The Morgan fingerprint density at radius 1 is 1.12 bits per heavy atom. The van der Waals surface area contributed by atoms with Crippen molar-refractivity contribution in [1.82, 2.24) is 4.57 Å². The van der Waals surface area contributed by atoms with Crippen molar-refractivity contribution in [1.29, 1.82) is 0 Å². The molecule has 0 radical (unpaired) electrons. The Morgan fingerprint density at radius 3 is 2.65 bits per heavy atom. The van der Waals surface area contributed by atoms with E-state index in [1.807, 2.05) is 6.07 Å². The van der Waals surface area contributed by atoms with Gasteiger partial charge in [0.15, 0.2) is 0 Å². The first kappa shape index (κ1) is 10.8. The fourth-order valence-electron chi connectivity index (χ4n) is 2.96. The first-order valence-electron chi connectivity index (χ1n) is 6.50. The van der Waals surface area contributed by atoms with Crippen LogP contribution in [0.3, 0.4) is 0 Å². The Labute approximate surface area is 101 Å². The summed E-state index contributed by atoms with van der Waals surface area (Å²) >= 11 is 0. The number of benzene rings is 1. The van der Waals surface area contributed by atoms with E-state index in [9.17, 15) is 4.39 Å². The molecule has 0 spiro atoms. The third kappa shape index (κ3) is 1.97. The minimum atomic E-state index is -0.137. The van der Waals surface area contributed by atoms with Gasteiger partial charge in [0.25, 0.3) is 0 Å². The minimum absolute atomic E-state index is 0.137. The normalized spacial score (nSPS) is 25.3. The minimum Gasteiger partial charge on any atom is -0.344 e. The molecule has 3 rings (SSSR count). The summed E-state index contributed by atoms with van der Waals surface area (Å²) in [5.41, 5.74) is 1.05. The van der Waals surface area contributed by atoms with Gasteiger partial charge in [-0.3, -0.25) is 0 Å². The molecule has 0 saturated heterocycles. The summed E-state index contributed by atoms with van der Waals surface area (Å²) in [5.74, 6) is 0.714. The van der Waals surface area contributed by atoms with Crippen molar-refractivity contribution < 1.29 is 4.39 Å². The van der Waals surface area contributed by atoms with E-state index in [-0.39, 0.29) is 5.82 Å². The lowest BCUT2D eigenvalue weighted by atomic mass is 9.87. The predicted molar refractivity (Wildman–Crippen MR) is 68.6 cm³/mol. The summed E-state index contributed by atoms with van der Waals surface area (Å²) in [6, 6.07) is 7.72. The van der Waals surface area contributed by atoms with Crippen LogP contribution in [0.2, 0.25) is 0 Å². The monoisotopic (exact) mass is 231 g/mol. The van der Waals surface area contributed by atoms with Crippen LogP contribution in [0.4, 0.5) is 4.39 Å². The maximum absolute atomic E-state index is 13.3. The number of rotatable bonds is 1. The van der Waals surface area contributed by atoms with Gasteiger partial charge in [-0.2, -0.15) is 0 Å². The quantitative estimate of drug-likeness (QED) is 0.679. The van der Waals surface area contributed by atoms with Crippen LogP contribution in [0.25, 0.3) is 10.9 Å². The molecule has 1 heterocycles. The van der Waals surface area contributed by atoms with Gasteiger partial charge < -0.3 is 4.57 Å². The second-order valence-electron chi connectivity index (χ2n) is 5.34. The van der Waals surface area contributed by atoms with Crippen molar-refractivity contribution in [3.63, 3.8) is 0 Å². The fourth-order valence-corrected chi connectivity index (χ4v) is 2.96. The van der Waals surface area contributed by atoms with Crippen LogP contribution in [0.15, 0.2) is 30.5 Å². The van der Waals surface area contributed by atoms with Gasteiger partial charge in [-0.15, -0.1) is 0 Å². The molecule has 90 valence electrons. The molecule has 1 aliphatic carbocycles. The summed E-state index contributed by atoms with van der Waals surface area (Å²) in [4.78, 5) is 0. The Balaban J connectivity index is 1.97. The highest BCUT2D eigenvalue weighted by Gasteiger charge is 2.20. The molecule has 17 heavy (non-hydrogen) atoms. The number of hydrogen-bond donors (Lipinski definition) is 0. The second-order valence-corrected chi connectivity index (χ2v) is 5.34.